The highest BCUT2D eigenvalue weighted by molar-refractivity contribution is 5.01. The molecule has 0 saturated carbocycles. The third kappa shape index (κ3) is 12.0. The number of rotatable bonds is 12. The second-order valence-corrected chi connectivity index (χ2v) is 5.27. The summed E-state index contributed by atoms with van der Waals surface area (Å²) in [6.45, 7) is 6.87. The third-order valence-corrected chi connectivity index (χ3v) is 3.44. The summed E-state index contributed by atoms with van der Waals surface area (Å²) in [7, 11) is 0. The highest BCUT2D eigenvalue weighted by atomic mass is 14.0. The summed E-state index contributed by atoms with van der Waals surface area (Å²) in [6.07, 6.45) is 19.1. The maximum absolute atomic E-state index is 2.54. The van der Waals surface area contributed by atoms with Gasteiger partial charge in [-0.05, 0) is 32.1 Å². The van der Waals surface area contributed by atoms with E-state index in [1.165, 1.54) is 77.0 Å². The smallest absolute Gasteiger partial charge is 0.0320 e. The van der Waals surface area contributed by atoms with Crippen LogP contribution in [0.2, 0.25) is 0 Å². The van der Waals surface area contributed by atoms with Crippen LogP contribution in [0.4, 0.5) is 0 Å². The summed E-state index contributed by atoms with van der Waals surface area (Å²) < 4.78 is 0. The molecule has 0 bridgehead atoms. The minimum atomic E-state index is 1.31. The molecule has 0 unspecified atom stereocenters. The van der Waals surface area contributed by atoms with E-state index in [0.717, 1.165) is 0 Å². The maximum atomic E-state index is 2.54. The van der Waals surface area contributed by atoms with Crippen LogP contribution in [-0.2, 0) is 0 Å². The van der Waals surface area contributed by atoms with E-state index in [1.54, 1.807) is 5.57 Å². The van der Waals surface area contributed by atoms with E-state index in [-0.39, 0.29) is 0 Å². The van der Waals surface area contributed by atoms with E-state index in [9.17, 15) is 0 Å². The van der Waals surface area contributed by atoms with Gasteiger partial charge in [-0.2, -0.15) is 0 Å². The highest BCUT2D eigenvalue weighted by Gasteiger charge is 1.98. The SMILES string of the molecule is CCCCC=C(CCCC)CCCCCCC. The van der Waals surface area contributed by atoms with Crippen LogP contribution in [-0.4, -0.2) is 0 Å². The van der Waals surface area contributed by atoms with Gasteiger partial charge in [0.05, 0.1) is 0 Å². The highest BCUT2D eigenvalue weighted by Crippen LogP contribution is 2.18. The summed E-state index contributed by atoms with van der Waals surface area (Å²) in [5.41, 5.74) is 1.75. The molecule has 0 heteroatoms. The van der Waals surface area contributed by atoms with Crippen LogP contribution < -0.4 is 0 Å². The number of hydrogen-bond donors (Lipinski definition) is 0. The lowest BCUT2D eigenvalue weighted by molar-refractivity contribution is 0.617. The zero-order valence-corrected chi connectivity index (χ0v) is 12.6. The summed E-state index contributed by atoms with van der Waals surface area (Å²) in [6, 6.07) is 0. The minimum absolute atomic E-state index is 1.31. The molecule has 0 aromatic heterocycles. The summed E-state index contributed by atoms with van der Waals surface area (Å²) in [4.78, 5) is 0. The Morgan fingerprint density at radius 1 is 0.647 bits per heavy atom. The van der Waals surface area contributed by atoms with Gasteiger partial charge in [-0.25, -0.2) is 0 Å². The number of allylic oxidation sites excluding steroid dienone is 2. The average Bonchev–Trinajstić information content (AvgIpc) is 2.35. The zero-order valence-electron chi connectivity index (χ0n) is 12.6. The van der Waals surface area contributed by atoms with Gasteiger partial charge in [0.15, 0.2) is 0 Å². The molecule has 102 valence electrons. The molecule has 0 spiro atoms. The Morgan fingerprint density at radius 3 is 1.88 bits per heavy atom. The van der Waals surface area contributed by atoms with Crippen molar-refractivity contribution in [3.05, 3.63) is 11.6 Å². The Hall–Kier alpha value is -0.260. The molecule has 17 heavy (non-hydrogen) atoms. The van der Waals surface area contributed by atoms with Crippen LogP contribution in [0.25, 0.3) is 0 Å². The Labute approximate surface area is 110 Å². The van der Waals surface area contributed by atoms with Gasteiger partial charge < -0.3 is 0 Å². The molecule has 0 aliphatic heterocycles. The van der Waals surface area contributed by atoms with Crippen molar-refractivity contribution in [1.82, 2.24) is 0 Å². The molecule has 0 aliphatic rings. The monoisotopic (exact) mass is 238 g/mol. The third-order valence-electron chi connectivity index (χ3n) is 3.44. The molecule has 0 nitrogen and oxygen atoms in total. The van der Waals surface area contributed by atoms with E-state index in [1.807, 2.05) is 0 Å². The van der Waals surface area contributed by atoms with E-state index in [2.05, 4.69) is 26.8 Å². The Balaban J connectivity index is 3.72. The first-order valence-electron chi connectivity index (χ1n) is 8.03. The van der Waals surface area contributed by atoms with Gasteiger partial charge in [-0.3, -0.25) is 0 Å². The molecular formula is C17H34. The second-order valence-electron chi connectivity index (χ2n) is 5.27. The Morgan fingerprint density at radius 2 is 1.24 bits per heavy atom. The fraction of sp³-hybridized carbons (Fsp3) is 0.882. The zero-order chi connectivity index (χ0) is 12.8. The van der Waals surface area contributed by atoms with Crippen molar-refractivity contribution in [2.45, 2.75) is 97.8 Å². The van der Waals surface area contributed by atoms with Gasteiger partial charge in [0.2, 0.25) is 0 Å². The van der Waals surface area contributed by atoms with Gasteiger partial charge in [0.1, 0.15) is 0 Å². The predicted molar refractivity (Wildman–Crippen MR) is 80.5 cm³/mol. The van der Waals surface area contributed by atoms with Crippen LogP contribution in [0.5, 0.6) is 0 Å². The van der Waals surface area contributed by atoms with Crippen molar-refractivity contribution in [3.8, 4) is 0 Å². The van der Waals surface area contributed by atoms with Crippen molar-refractivity contribution >= 4 is 0 Å². The van der Waals surface area contributed by atoms with Crippen LogP contribution in [0.15, 0.2) is 11.6 Å². The lowest BCUT2D eigenvalue weighted by Crippen LogP contribution is -1.87. The van der Waals surface area contributed by atoms with Crippen molar-refractivity contribution in [2.24, 2.45) is 0 Å². The standard InChI is InChI=1S/C17H34/c1-4-7-10-11-13-16-17(14-9-6-3)15-12-8-5-2/h15H,4-14,16H2,1-3H3. The van der Waals surface area contributed by atoms with Crippen molar-refractivity contribution < 1.29 is 0 Å². The van der Waals surface area contributed by atoms with Crippen molar-refractivity contribution in [1.29, 1.82) is 0 Å². The van der Waals surface area contributed by atoms with Crippen molar-refractivity contribution in [2.75, 3.05) is 0 Å². The second kappa shape index (κ2) is 13.8. The first kappa shape index (κ1) is 16.7. The first-order valence-corrected chi connectivity index (χ1v) is 8.03. The maximum Gasteiger partial charge on any atom is -0.0320 e. The quantitative estimate of drug-likeness (QED) is 0.263. The van der Waals surface area contributed by atoms with Crippen LogP contribution >= 0.6 is 0 Å². The topological polar surface area (TPSA) is 0 Å². The molecule has 0 atom stereocenters. The van der Waals surface area contributed by atoms with Gasteiger partial charge in [0.25, 0.3) is 0 Å². The lowest BCUT2D eigenvalue weighted by Gasteiger charge is -2.07. The molecular weight excluding hydrogens is 204 g/mol. The minimum Gasteiger partial charge on any atom is -0.0853 e. The Bertz CT molecular complexity index is 167. The Kier molecular flexibility index (Phi) is 13.6. The van der Waals surface area contributed by atoms with E-state index >= 15 is 0 Å². The lowest BCUT2D eigenvalue weighted by atomic mass is 9.99. The largest absolute Gasteiger partial charge is 0.0853 e. The van der Waals surface area contributed by atoms with Gasteiger partial charge >= 0.3 is 0 Å². The van der Waals surface area contributed by atoms with Crippen LogP contribution in [0.1, 0.15) is 97.8 Å². The number of unbranched alkanes of at least 4 members (excludes halogenated alkanes) is 7. The van der Waals surface area contributed by atoms with E-state index in [0.29, 0.717) is 0 Å². The molecule has 0 rings (SSSR count). The molecule has 0 fully saturated rings. The fourth-order valence-electron chi connectivity index (χ4n) is 2.20. The molecule has 0 aromatic rings. The van der Waals surface area contributed by atoms with Gasteiger partial charge in [-0.1, -0.05) is 77.4 Å². The molecule has 0 N–H and O–H groups in total. The first-order chi connectivity index (χ1) is 8.35. The van der Waals surface area contributed by atoms with Crippen LogP contribution in [0.3, 0.4) is 0 Å². The fourth-order valence-corrected chi connectivity index (χ4v) is 2.20. The van der Waals surface area contributed by atoms with Crippen LogP contribution in [0, 0.1) is 0 Å². The molecule has 0 amide bonds. The van der Waals surface area contributed by atoms with Gasteiger partial charge in [-0.15, -0.1) is 0 Å². The molecule has 0 aliphatic carbocycles. The van der Waals surface area contributed by atoms with Crippen molar-refractivity contribution in [3.63, 3.8) is 0 Å². The molecule has 0 aromatic carbocycles. The summed E-state index contributed by atoms with van der Waals surface area (Å²) in [5, 5.41) is 0. The van der Waals surface area contributed by atoms with E-state index in [4.69, 9.17) is 0 Å². The normalized spacial score (nSPS) is 12.1. The number of hydrogen-bond acceptors (Lipinski definition) is 0. The molecule has 0 heterocycles. The molecule has 0 radical (unpaired) electrons. The predicted octanol–water partition coefficient (Wildman–Crippen LogP) is 6.65. The molecule has 0 saturated heterocycles. The summed E-state index contributed by atoms with van der Waals surface area (Å²) >= 11 is 0. The van der Waals surface area contributed by atoms with Gasteiger partial charge in [0, 0.05) is 0 Å². The van der Waals surface area contributed by atoms with E-state index < -0.39 is 0 Å². The summed E-state index contributed by atoms with van der Waals surface area (Å²) in [5.74, 6) is 0. The average molecular weight is 238 g/mol.